The molecule has 0 amide bonds. The van der Waals surface area contributed by atoms with E-state index in [9.17, 15) is 13.2 Å². The summed E-state index contributed by atoms with van der Waals surface area (Å²) in [5.74, 6) is -1.17. The quantitative estimate of drug-likeness (QED) is 0.742. The molecule has 0 saturated carbocycles. The van der Waals surface area contributed by atoms with Crippen LogP contribution in [-0.4, -0.2) is 39.2 Å². The van der Waals surface area contributed by atoms with Gasteiger partial charge in [-0.05, 0) is 6.07 Å². The Bertz CT molecular complexity index is 760. The van der Waals surface area contributed by atoms with E-state index < -0.39 is 16.0 Å². The number of aromatic nitrogens is 4. The van der Waals surface area contributed by atoms with Crippen molar-refractivity contribution < 1.29 is 18.3 Å². The number of anilines is 1. The van der Waals surface area contributed by atoms with Crippen LogP contribution in [0.25, 0.3) is 0 Å². The third-order valence-corrected chi connectivity index (χ3v) is 3.82. The Balaban J connectivity index is 2.14. The van der Waals surface area contributed by atoms with Gasteiger partial charge in [-0.15, -0.1) is 0 Å². The second kappa shape index (κ2) is 6.06. The van der Waals surface area contributed by atoms with E-state index in [1.807, 2.05) is 0 Å². The molecule has 0 aliphatic carbocycles. The van der Waals surface area contributed by atoms with E-state index in [0.29, 0.717) is 0 Å². The number of hydrogen-bond acceptors (Lipinski definition) is 6. The third kappa shape index (κ3) is 4.13. The number of aliphatic carboxylic acids is 1. The smallest absolute Gasteiger partial charge is 0.305 e. The number of nitrogens with zero attached hydrogens (tertiary/aromatic N) is 4. The number of rotatable bonds is 6. The molecule has 2 aromatic rings. The van der Waals surface area contributed by atoms with Gasteiger partial charge in [-0.2, -0.15) is 5.10 Å². The van der Waals surface area contributed by atoms with Gasteiger partial charge >= 0.3 is 5.97 Å². The van der Waals surface area contributed by atoms with Crippen LogP contribution in [0, 0.1) is 0 Å². The summed E-state index contributed by atoms with van der Waals surface area (Å²) in [7, 11) is -3.91. The van der Waals surface area contributed by atoms with Gasteiger partial charge in [0.05, 0.1) is 19.2 Å². The van der Waals surface area contributed by atoms with Crippen molar-refractivity contribution in [2.75, 3.05) is 4.72 Å². The van der Waals surface area contributed by atoms with Crippen molar-refractivity contribution in [1.82, 2.24) is 19.7 Å². The first kappa shape index (κ1) is 15.2. The van der Waals surface area contributed by atoms with E-state index in [0.717, 1.165) is 6.20 Å². The Morgan fingerprint density at radius 3 is 2.90 bits per heavy atom. The fourth-order valence-corrected chi connectivity index (χ4v) is 2.42. The molecule has 0 bridgehead atoms. The summed E-state index contributed by atoms with van der Waals surface area (Å²) in [5, 5.41) is 12.4. The highest BCUT2D eigenvalue weighted by atomic mass is 35.5. The highest BCUT2D eigenvalue weighted by Gasteiger charge is 2.18. The highest BCUT2D eigenvalue weighted by Crippen LogP contribution is 2.13. The van der Waals surface area contributed by atoms with E-state index in [4.69, 9.17) is 16.7 Å². The normalized spacial score (nSPS) is 11.3. The van der Waals surface area contributed by atoms with Crippen LogP contribution in [0.4, 0.5) is 5.95 Å². The number of carbonyl (C=O) groups is 1. The summed E-state index contributed by atoms with van der Waals surface area (Å²) >= 11 is 5.64. The summed E-state index contributed by atoms with van der Waals surface area (Å²) in [4.78, 5) is 17.8. The molecule has 0 spiro atoms. The largest absolute Gasteiger partial charge is 0.481 e. The van der Waals surface area contributed by atoms with Crippen LogP contribution in [0.15, 0.2) is 29.6 Å². The summed E-state index contributed by atoms with van der Waals surface area (Å²) in [5.41, 5.74) is 0. The summed E-state index contributed by atoms with van der Waals surface area (Å²) < 4.78 is 27.5. The zero-order valence-corrected chi connectivity index (χ0v) is 12.0. The van der Waals surface area contributed by atoms with E-state index in [1.165, 1.54) is 23.1 Å². The molecule has 9 nitrogen and oxygen atoms in total. The minimum Gasteiger partial charge on any atom is -0.481 e. The number of carboxylic acid groups (broad SMARTS) is 1. The van der Waals surface area contributed by atoms with Gasteiger partial charge in [0.2, 0.25) is 5.95 Å². The lowest BCUT2D eigenvalue weighted by molar-refractivity contribution is -0.137. The SMILES string of the molecule is O=C(O)CCn1cc(S(=O)(=O)Nc2nccc(Cl)n2)cn1. The Kier molecular flexibility index (Phi) is 4.38. The van der Waals surface area contributed by atoms with Gasteiger partial charge in [-0.1, -0.05) is 11.6 Å². The minimum atomic E-state index is -3.91. The topological polar surface area (TPSA) is 127 Å². The molecule has 0 radical (unpaired) electrons. The van der Waals surface area contributed by atoms with Crippen LogP contribution in [0.5, 0.6) is 0 Å². The standard InChI is InChI=1S/C10H10ClN5O4S/c11-8-1-3-12-10(14-8)15-21(19,20)7-5-13-16(6-7)4-2-9(17)18/h1,3,5-6H,2,4H2,(H,17,18)(H,12,14,15). The molecule has 2 rings (SSSR count). The second-order valence-corrected chi connectivity index (χ2v) is 5.96. The highest BCUT2D eigenvalue weighted by molar-refractivity contribution is 7.92. The van der Waals surface area contributed by atoms with Gasteiger partial charge in [0.25, 0.3) is 10.0 Å². The predicted octanol–water partition coefficient (Wildman–Crippen LogP) is 0.602. The average molecular weight is 332 g/mol. The van der Waals surface area contributed by atoms with Gasteiger partial charge in [0.1, 0.15) is 10.0 Å². The maximum atomic E-state index is 12.1. The van der Waals surface area contributed by atoms with Gasteiger partial charge in [0.15, 0.2) is 0 Å². The Hall–Kier alpha value is -2.20. The number of aryl methyl sites for hydroxylation is 1. The number of carboxylic acids is 1. The van der Waals surface area contributed by atoms with Crippen LogP contribution in [0.2, 0.25) is 5.15 Å². The van der Waals surface area contributed by atoms with Gasteiger partial charge < -0.3 is 5.11 Å². The van der Waals surface area contributed by atoms with Crippen LogP contribution >= 0.6 is 11.6 Å². The van der Waals surface area contributed by atoms with Crippen LogP contribution in [0.1, 0.15) is 6.42 Å². The molecule has 0 fully saturated rings. The van der Waals surface area contributed by atoms with Crippen molar-refractivity contribution in [3.05, 3.63) is 29.8 Å². The molecule has 0 aliphatic heterocycles. The van der Waals surface area contributed by atoms with Crippen molar-refractivity contribution in [3.8, 4) is 0 Å². The molecule has 2 heterocycles. The number of halogens is 1. The van der Waals surface area contributed by atoms with Gasteiger partial charge in [-0.25, -0.2) is 23.1 Å². The summed E-state index contributed by atoms with van der Waals surface area (Å²) in [6.07, 6.45) is 3.47. The molecule has 0 saturated heterocycles. The van der Waals surface area contributed by atoms with Crippen molar-refractivity contribution in [1.29, 1.82) is 0 Å². The lowest BCUT2D eigenvalue weighted by atomic mass is 10.4. The Morgan fingerprint density at radius 2 is 2.24 bits per heavy atom. The zero-order chi connectivity index (χ0) is 15.5. The molecule has 21 heavy (non-hydrogen) atoms. The predicted molar refractivity (Wildman–Crippen MR) is 72.3 cm³/mol. The Labute approximate surface area is 124 Å². The molecular formula is C10H10ClN5O4S. The number of hydrogen-bond donors (Lipinski definition) is 2. The van der Waals surface area contributed by atoms with Crippen LogP contribution in [-0.2, 0) is 21.4 Å². The van der Waals surface area contributed by atoms with Gasteiger partial charge in [0, 0.05) is 12.4 Å². The minimum absolute atomic E-state index is 0.0680. The number of sulfonamides is 1. The van der Waals surface area contributed by atoms with Crippen LogP contribution in [0.3, 0.4) is 0 Å². The molecular weight excluding hydrogens is 322 g/mol. The average Bonchev–Trinajstić information content (AvgIpc) is 2.85. The molecule has 11 heteroatoms. The first-order valence-corrected chi connectivity index (χ1v) is 7.48. The summed E-state index contributed by atoms with van der Waals surface area (Å²) in [6, 6.07) is 1.41. The fourth-order valence-electron chi connectivity index (χ4n) is 1.38. The van der Waals surface area contributed by atoms with Crippen molar-refractivity contribution >= 4 is 33.5 Å². The number of nitrogens with one attached hydrogen (secondary N) is 1. The molecule has 2 N–H and O–H groups in total. The van der Waals surface area contributed by atoms with E-state index in [-0.39, 0.29) is 29.0 Å². The lowest BCUT2D eigenvalue weighted by Crippen LogP contribution is -2.14. The van der Waals surface area contributed by atoms with Crippen molar-refractivity contribution in [2.45, 2.75) is 17.9 Å². The fraction of sp³-hybridized carbons (Fsp3) is 0.200. The monoisotopic (exact) mass is 331 g/mol. The molecule has 0 unspecified atom stereocenters. The molecule has 0 aliphatic rings. The molecule has 2 aromatic heterocycles. The maximum absolute atomic E-state index is 12.1. The third-order valence-electron chi connectivity index (χ3n) is 2.32. The van der Waals surface area contributed by atoms with Gasteiger partial charge in [-0.3, -0.25) is 9.48 Å². The molecule has 0 atom stereocenters. The first-order chi connectivity index (χ1) is 9.87. The maximum Gasteiger partial charge on any atom is 0.305 e. The van der Waals surface area contributed by atoms with Crippen LogP contribution < -0.4 is 4.72 Å². The van der Waals surface area contributed by atoms with Crippen molar-refractivity contribution in [2.24, 2.45) is 0 Å². The first-order valence-electron chi connectivity index (χ1n) is 5.62. The van der Waals surface area contributed by atoms with E-state index in [2.05, 4.69) is 19.8 Å². The van der Waals surface area contributed by atoms with Crippen molar-refractivity contribution in [3.63, 3.8) is 0 Å². The second-order valence-electron chi connectivity index (χ2n) is 3.89. The summed E-state index contributed by atoms with van der Waals surface area (Å²) in [6.45, 7) is 0.0680. The lowest BCUT2D eigenvalue weighted by Gasteiger charge is -2.03. The zero-order valence-electron chi connectivity index (χ0n) is 10.5. The van der Waals surface area contributed by atoms with E-state index in [1.54, 1.807) is 0 Å². The molecule has 0 aromatic carbocycles. The van der Waals surface area contributed by atoms with E-state index >= 15 is 0 Å². The molecule has 112 valence electrons. The Morgan fingerprint density at radius 1 is 1.48 bits per heavy atom.